The zero-order valence-electron chi connectivity index (χ0n) is 38.7. The minimum absolute atomic E-state index is 0. The lowest BCUT2D eigenvalue weighted by Crippen LogP contribution is -2.49. The monoisotopic (exact) mass is 870 g/mol. The summed E-state index contributed by atoms with van der Waals surface area (Å²) < 4.78 is 18.3. The Morgan fingerprint density at radius 1 is 0.607 bits per heavy atom. The molecule has 0 aliphatic heterocycles. The Bertz CT molecular complexity index is 1330. The summed E-state index contributed by atoms with van der Waals surface area (Å²) in [5.41, 5.74) is 10.4. The highest BCUT2D eigenvalue weighted by Crippen LogP contribution is 2.44. The summed E-state index contributed by atoms with van der Waals surface area (Å²) in [6.45, 7) is 7.40. The SMILES string of the molecule is CCCCCCCCCCCCCCOCC(CNC(=O)[C@H](CCCCN)NC(=O)OCC1c2ccccc2-c2ccccc21)OCCCCCCCCCCCCCC.Cl. The summed E-state index contributed by atoms with van der Waals surface area (Å²) >= 11 is 0. The van der Waals surface area contributed by atoms with E-state index in [2.05, 4.69) is 48.7 Å². The molecule has 3 rings (SSSR count). The van der Waals surface area contributed by atoms with Crippen LogP contribution in [0.15, 0.2) is 48.5 Å². The predicted octanol–water partition coefficient (Wildman–Crippen LogP) is 13.4. The van der Waals surface area contributed by atoms with E-state index < -0.39 is 12.1 Å². The summed E-state index contributed by atoms with van der Waals surface area (Å²) in [7, 11) is 0. The van der Waals surface area contributed by atoms with Gasteiger partial charge in [-0.05, 0) is 60.9 Å². The van der Waals surface area contributed by atoms with Gasteiger partial charge < -0.3 is 30.6 Å². The van der Waals surface area contributed by atoms with Crippen LogP contribution in [0.2, 0.25) is 0 Å². The van der Waals surface area contributed by atoms with Crippen LogP contribution < -0.4 is 16.4 Å². The number of fused-ring (bicyclic) bond motifs is 3. The molecule has 0 saturated carbocycles. The van der Waals surface area contributed by atoms with E-state index in [0.717, 1.165) is 43.2 Å². The van der Waals surface area contributed by atoms with Gasteiger partial charge in [-0.1, -0.05) is 204 Å². The zero-order valence-corrected chi connectivity index (χ0v) is 39.5. The number of rotatable bonds is 39. The number of ether oxygens (including phenoxy) is 3. The molecule has 4 N–H and O–H groups in total. The van der Waals surface area contributed by atoms with Gasteiger partial charge in [-0.25, -0.2) is 4.79 Å². The van der Waals surface area contributed by atoms with Gasteiger partial charge in [0.15, 0.2) is 0 Å². The van der Waals surface area contributed by atoms with Crippen LogP contribution in [0.1, 0.15) is 204 Å². The van der Waals surface area contributed by atoms with E-state index in [1.54, 1.807) is 0 Å². The van der Waals surface area contributed by atoms with Crippen molar-refractivity contribution in [1.29, 1.82) is 0 Å². The Kier molecular flexibility index (Phi) is 32.9. The number of hydrogen-bond donors (Lipinski definition) is 3. The molecule has 348 valence electrons. The topological polar surface area (TPSA) is 112 Å². The number of nitrogens with two attached hydrogens (primary N) is 1. The minimum atomic E-state index is -0.730. The summed E-state index contributed by atoms with van der Waals surface area (Å²) in [6.07, 6.45) is 32.5. The quantitative estimate of drug-likeness (QED) is 0.0577. The number of hydrogen-bond acceptors (Lipinski definition) is 6. The lowest BCUT2D eigenvalue weighted by molar-refractivity contribution is -0.124. The van der Waals surface area contributed by atoms with Crippen molar-refractivity contribution in [3.63, 3.8) is 0 Å². The van der Waals surface area contributed by atoms with Crippen molar-refractivity contribution in [1.82, 2.24) is 10.6 Å². The summed E-state index contributed by atoms with van der Waals surface area (Å²) in [5.74, 6) is -0.286. The van der Waals surface area contributed by atoms with Crippen molar-refractivity contribution in [2.24, 2.45) is 5.73 Å². The number of carbonyl (C=O) groups is 2. The largest absolute Gasteiger partial charge is 0.449 e. The standard InChI is InChI=1S/C52H87N3O5.ClH/c1-3-5-7-9-11-13-15-17-19-21-23-31-39-58-42-44(59-40-32-24-22-20-18-16-14-12-10-8-6-4-2)41-54-51(56)50(37-29-30-38-53)55-52(57)60-43-49-47-35-27-25-33-45(47)46-34-26-28-36-48(46)49;/h25-28,33-36,44,49-50H,3-24,29-32,37-43,53H2,1-2H3,(H,54,56)(H,55,57);1H/t44?,50-;/m0./s1. The first-order chi connectivity index (χ1) is 29.6. The first-order valence-corrected chi connectivity index (χ1v) is 24.9. The van der Waals surface area contributed by atoms with Crippen LogP contribution in [-0.2, 0) is 19.0 Å². The third-order valence-electron chi connectivity index (χ3n) is 12.2. The molecule has 61 heavy (non-hydrogen) atoms. The van der Waals surface area contributed by atoms with Gasteiger partial charge in [-0.2, -0.15) is 0 Å². The summed E-state index contributed by atoms with van der Waals surface area (Å²) in [4.78, 5) is 26.9. The van der Waals surface area contributed by atoms with Crippen LogP contribution in [-0.4, -0.2) is 63.7 Å². The molecule has 0 fully saturated rings. The van der Waals surface area contributed by atoms with Crippen LogP contribution in [0.4, 0.5) is 4.79 Å². The van der Waals surface area contributed by atoms with Gasteiger partial charge in [0.2, 0.25) is 5.91 Å². The number of nitrogens with one attached hydrogen (secondary N) is 2. The molecular formula is C52H88ClN3O5. The molecule has 1 aliphatic carbocycles. The molecule has 0 spiro atoms. The first kappa shape index (κ1) is 54.5. The maximum Gasteiger partial charge on any atom is 0.407 e. The fraction of sp³-hybridized carbons (Fsp3) is 0.731. The number of alkyl carbamates (subject to hydrolysis) is 1. The molecule has 2 aromatic carbocycles. The molecule has 2 amide bonds. The van der Waals surface area contributed by atoms with Crippen molar-refractivity contribution < 1.29 is 23.8 Å². The molecular weight excluding hydrogens is 782 g/mol. The third-order valence-corrected chi connectivity index (χ3v) is 12.2. The zero-order chi connectivity index (χ0) is 42.7. The highest BCUT2D eigenvalue weighted by Gasteiger charge is 2.30. The molecule has 8 nitrogen and oxygen atoms in total. The lowest BCUT2D eigenvalue weighted by atomic mass is 9.98. The average Bonchev–Trinajstić information content (AvgIpc) is 3.59. The number of benzene rings is 2. The lowest BCUT2D eigenvalue weighted by Gasteiger charge is -2.22. The highest BCUT2D eigenvalue weighted by atomic mass is 35.5. The van der Waals surface area contributed by atoms with Crippen molar-refractivity contribution in [3.8, 4) is 11.1 Å². The van der Waals surface area contributed by atoms with Gasteiger partial charge in [0, 0.05) is 25.7 Å². The maximum absolute atomic E-state index is 13.6. The Morgan fingerprint density at radius 3 is 1.56 bits per heavy atom. The number of carbonyl (C=O) groups excluding carboxylic acids is 2. The van der Waals surface area contributed by atoms with Crippen LogP contribution in [0.25, 0.3) is 11.1 Å². The fourth-order valence-electron chi connectivity index (χ4n) is 8.50. The second kappa shape index (κ2) is 36.8. The maximum atomic E-state index is 13.6. The highest BCUT2D eigenvalue weighted by molar-refractivity contribution is 5.86. The molecule has 2 atom stereocenters. The van der Waals surface area contributed by atoms with Crippen LogP contribution >= 0.6 is 12.4 Å². The van der Waals surface area contributed by atoms with Gasteiger partial charge in [-0.15, -0.1) is 12.4 Å². The predicted molar refractivity (Wildman–Crippen MR) is 258 cm³/mol. The van der Waals surface area contributed by atoms with E-state index in [9.17, 15) is 9.59 Å². The van der Waals surface area contributed by atoms with E-state index >= 15 is 0 Å². The smallest absolute Gasteiger partial charge is 0.407 e. The van der Waals surface area contributed by atoms with Crippen LogP contribution in [0.3, 0.4) is 0 Å². The van der Waals surface area contributed by atoms with E-state index in [-0.39, 0.29) is 36.9 Å². The van der Waals surface area contributed by atoms with Gasteiger partial charge in [0.25, 0.3) is 0 Å². The molecule has 1 aliphatic rings. The Balaban J connectivity index is 0.0000128. The second-order valence-corrected chi connectivity index (χ2v) is 17.4. The molecule has 0 heterocycles. The van der Waals surface area contributed by atoms with Crippen molar-refractivity contribution in [3.05, 3.63) is 59.7 Å². The normalized spacial score (nSPS) is 13.0. The van der Waals surface area contributed by atoms with E-state index in [4.69, 9.17) is 19.9 Å². The molecule has 0 bridgehead atoms. The summed E-state index contributed by atoms with van der Waals surface area (Å²) in [6, 6.07) is 15.8. The Morgan fingerprint density at radius 2 is 1.07 bits per heavy atom. The minimum Gasteiger partial charge on any atom is -0.449 e. The molecule has 1 unspecified atom stereocenters. The molecule has 2 aromatic rings. The van der Waals surface area contributed by atoms with Crippen molar-refractivity contribution in [2.75, 3.05) is 39.5 Å². The van der Waals surface area contributed by atoms with Gasteiger partial charge in [0.05, 0.1) is 12.7 Å². The van der Waals surface area contributed by atoms with E-state index in [0.29, 0.717) is 39.3 Å². The molecule has 9 heteroatoms. The van der Waals surface area contributed by atoms with Gasteiger partial charge >= 0.3 is 6.09 Å². The van der Waals surface area contributed by atoms with E-state index in [1.165, 1.54) is 146 Å². The first-order valence-electron chi connectivity index (χ1n) is 24.9. The van der Waals surface area contributed by atoms with Crippen LogP contribution in [0.5, 0.6) is 0 Å². The molecule has 0 aromatic heterocycles. The Hall–Kier alpha value is -2.65. The number of unbranched alkanes of at least 4 members (excludes halogenated alkanes) is 23. The molecule has 0 radical (unpaired) electrons. The third kappa shape index (κ3) is 24.1. The summed E-state index contributed by atoms with van der Waals surface area (Å²) in [5, 5.41) is 5.97. The van der Waals surface area contributed by atoms with Crippen LogP contribution in [0, 0.1) is 0 Å². The van der Waals surface area contributed by atoms with Gasteiger partial charge in [-0.3, -0.25) is 4.79 Å². The number of halogens is 1. The van der Waals surface area contributed by atoms with Crippen molar-refractivity contribution in [2.45, 2.75) is 205 Å². The number of amides is 2. The average molecular weight is 871 g/mol. The fourth-order valence-corrected chi connectivity index (χ4v) is 8.50. The van der Waals surface area contributed by atoms with Gasteiger partial charge in [0.1, 0.15) is 12.6 Å². The Labute approximate surface area is 378 Å². The second-order valence-electron chi connectivity index (χ2n) is 17.4. The molecule has 0 saturated heterocycles. The van der Waals surface area contributed by atoms with Crippen molar-refractivity contribution >= 4 is 24.4 Å². The van der Waals surface area contributed by atoms with E-state index in [1.807, 2.05) is 24.3 Å².